The van der Waals surface area contributed by atoms with Crippen molar-refractivity contribution in [3.8, 4) is 5.69 Å². The van der Waals surface area contributed by atoms with Gasteiger partial charge in [-0.2, -0.15) is 0 Å². The van der Waals surface area contributed by atoms with Gasteiger partial charge < -0.3 is 10.1 Å². The van der Waals surface area contributed by atoms with Gasteiger partial charge in [-0.1, -0.05) is 30.0 Å². The fraction of sp³-hybridized carbons (Fsp3) is 0.471. The minimum Gasteiger partial charge on any atom is -0.385 e. The van der Waals surface area contributed by atoms with Crippen LogP contribution in [0.5, 0.6) is 0 Å². The number of hydrogen-bond acceptors (Lipinski definition) is 5. The third-order valence-corrected chi connectivity index (χ3v) is 4.57. The van der Waals surface area contributed by atoms with Crippen molar-refractivity contribution in [2.45, 2.75) is 30.3 Å². The van der Waals surface area contributed by atoms with Crippen molar-refractivity contribution in [2.24, 2.45) is 0 Å². The van der Waals surface area contributed by atoms with Crippen LogP contribution in [-0.4, -0.2) is 46.7 Å². The van der Waals surface area contributed by atoms with Crippen LogP contribution in [0.25, 0.3) is 5.69 Å². The number of benzene rings is 1. The van der Waals surface area contributed by atoms with Crippen molar-refractivity contribution in [1.29, 1.82) is 0 Å². The van der Waals surface area contributed by atoms with E-state index in [1.165, 1.54) is 11.8 Å². The molecule has 1 aliphatic rings. The molecule has 1 aliphatic carbocycles. The number of hydrogen-bond donors (Lipinski definition) is 1. The SMILES string of the molecule is COCCCNC(=O)CSc1nc(C2CC2)n(-c2ccccc2)n1. The maximum atomic E-state index is 11.9. The summed E-state index contributed by atoms with van der Waals surface area (Å²) in [4.78, 5) is 16.5. The number of ether oxygens (including phenoxy) is 1. The lowest BCUT2D eigenvalue weighted by atomic mass is 10.3. The van der Waals surface area contributed by atoms with Crippen LogP contribution in [-0.2, 0) is 9.53 Å². The molecule has 0 saturated heterocycles. The second-order valence-electron chi connectivity index (χ2n) is 5.76. The molecule has 128 valence electrons. The summed E-state index contributed by atoms with van der Waals surface area (Å²) >= 11 is 1.38. The summed E-state index contributed by atoms with van der Waals surface area (Å²) < 4.78 is 6.87. The van der Waals surface area contributed by atoms with Gasteiger partial charge in [0.25, 0.3) is 0 Å². The minimum absolute atomic E-state index is 0.000126. The fourth-order valence-corrected chi connectivity index (χ4v) is 3.02. The Balaban J connectivity index is 1.59. The fourth-order valence-electron chi connectivity index (χ4n) is 2.36. The maximum absolute atomic E-state index is 11.9. The van der Waals surface area contributed by atoms with Gasteiger partial charge in [0.1, 0.15) is 5.82 Å². The van der Waals surface area contributed by atoms with Crippen molar-refractivity contribution in [2.75, 3.05) is 26.0 Å². The summed E-state index contributed by atoms with van der Waals surface area (Å²) in [5.41, 5.74) is 1.02. The number of rotatable bonds is 9. The highest BCUT2D eigenvalue weighted by molar-refractivity contribution is 7.99. The first-order chi connectivity index (χ1) is 11.8. The Labute approximate surface area is 146 Å². The predicted octanol–water partition coefficient (Wildman–Crippen LogP) is 2.39. The lowest BCUT2D eigenvalue weighted by Crippen LogP contribution is -2.26. The average Bonchev–Trinajstić information content (AvgIpc) is 3.37. The molecule has 1 amide bonds. The Morgan fingerprint density at radius 3 is 2.88 bits per heavy atom. The first kappa shape index (κ1) is 17.0. The van der Waals surface area contributed by atoms with Crippen LogP contribution in [0.2, 0.25) is 0 Å². The van der Waals surface area contributed by atoms with Gasteiger partial charge in [-0.25, -0.2) is 9.67 Å². The van der Waals surface area contributed by atoms with E-state index in [1.54, 1.807) is 7.11 Å². The molecule has 0 unspecified atom stereocenters. The van der Waals surface area contributed by atoms with Gasteiger partial charge in [0, 0.05) is 26.2 Å². The molecule has 1 aromatic carbocycles. The topological polar surface area (TPSA) is 69.0 Å². The Morgan fingerprint density at radius 1 is 1.38 bits per heavy atom. The molecule has 0 radical (unpaired) electrons. The van der Waals surface area contributed by atoms with E-state index in [2.05, 4.69) is 15.4 Å². The van der Waals surface area contributed by atoms with Crippen molar-refractivity contribution < 1.29 is 9.53 Å². The molecule has 1 fully saturated rings. The lowest BCUT2D eigenvalue weighted by Gasteiger charge is -2.03. The largest absolute Gasteiger partial charge is 0.385 e. The Hall–Kier alpha value is -1.86. The quantitative estimate of drug-likeness (QED) is 0.558. The summed E-state index contributed by atoms with van der Waals surface area (Å²) in [5, 5.41) is 8.13. The molecule has 0 spiro atoms. The van der Waals surface area contributed by atoms with Gasteiger partial charge in [0.15, 0.2) is 0 Å². The summed E-state index contributed by atoms with van der Waals surface area (Å²) in [6.07, 6.45) is 3.14. The van der Waals surface area contributed by atoms with Gasteiger partial charge in [-0.15, -0.1) is 5.10 Å². The van der Waals surface area contributed by atoms with E-state index in [0.717, 1.165) is 30.8 Å². The van der Waals surface area contributed by atoms with Crippen LogP contribution in [0.1, 0.15) is 31.0 Å². The monoisotopic (exact) mass is 346 g/mol. The van der Waals surface area contributed by atoms with Crippen LogP contribution >= 0.6 is 11.8 Å². The molecule has 7 heteroatoms. The highest BCUT2D eigenvalue weighted by atomic mass is 32.2. The highest BCUT2D eigenvalue weighted by Gasteiger charge is 2.30. The second kappa shape index (κ2) is 8.30. The van der Waals surface area contributed by atoms with E-state index in [4.69, 9.17) is 4.74 Å². The van der Waals surface area contributed by atoms with Crippen LogP contribution in [0.3, 0.4) is 0 Å². The predicted molar refractivity (Wildman–Crippen MR) is 93.6 cm³/mol. The number of aromatic nitrogens is 3. The van der Waals surface area contributed by atoms with Crippen molar-refractivity contribution in [3.05, 3.63) is 36.2 Å². The normalized spacial score (nSPS) is 13.9. The smallest absolute Gasteiger partial charge is 0.230 e. The number of nitrogens with zero attached hydrogens (tertiary/aromatic N) is 3. The molecule has 0 bridgehead atoms. The van der Waals surface area contributed by atoms with Crippen molar-refractivity contribution in [3.63, 3.8) is 0 Å². The standard InChI is InChI=1S/C17H22N4O2S/c1-23-11-5-10-18-15(22)12-24-17-19-16(13-8-9-13)21(20-17)14-6-3-2-4-7-14/h2-4,6-7,13H,5,8-12H2,1H3,(H,18,22). The molecular weight excluding hydrogens is 324 g/mol. The van der Waals surface area contributed by atoms with Gasteiger partial charge in [0.05, 0.1) is 11.4 Å². The molecule has 24 heavy (non-hydrogen) atoms. The Morgan fingerprint density at radius 2 is 2.17 bits per heavy atom. The molecule has 1 aromatic heterocycles. The zero-order valence-electron chi connectivity index (χ0n) is 13.8. The minimum atomic E-state index is 0.000126. The van der Waals surface area contributed by atoms with Gasteiger partial charge in [0.2, 0.25) is 11.1 Å². The number of carbonyl (C=O) groups is 1. The second-order valence-corrected chi connectivity index (χ2v) is 6.70. The van der Waals surface area contributed by atoms with E-state index in [9.17, 15) is 4.79 Å². The summed E-state index contributed by atoms with van der Waals surface area (Å²) in [7, 11) is 1.66. The maximum Gasteiger partial charge on any atom is 0.230 e. The molecule has 6 nitrogen and oxygen atoms in total. The average molecular weight is 346 g/mol. The molecule has 0 atom stereocenters. The van der Waals surface area contributed by atoms with Crippen LogP contribution in [0.4, 0.5) is 0 Å². The van der Waals surface area contributed by atoms with E-state index in [1.807, 2.05) is 35.0 Å². The van der Waals surface area contributed by atoms with Crippen molar-refractivity contribution >= 4 is 17.7 Å². The van der Waals surface area contributed by atoms with Crippen molar-refractivity contribution in [1.82, 2.24) is 20.1 Å². The summed E-state index contributed by atoms with van der Waals surface area (Å²) in [5.74, 6) is 1.83. The molecule has 2 aromatic rings. The Bertz CT molecular complexity index is 670. The molecule has 1 saturated carbocycles. The lowest BCUT2D eigenvalue weighted by molar-refractivity contribution is -0.118. The van der Waals surface area contributed by atoms with E-state index < -0.39 is 0 Å². The van der Waals surface area contributed by atoms with E-state index in [-0.39, 0.29) is 5.91 Å². The van der Waals surface area contributed by atoms with E-state index >= 15 is 0 Å². The van der Waals surface area contributed by atoms with Crippen LogP contribution in [0, 0.1) is 0 Å². The summed E-state index contributed by atoms with van der Waals surface area (Å²) in [6, 6.07) is 10.0. The van der Waals surface area contributed by atoms with Crippen LogP contribution < -0.4 is 5.32 Å². The molecule has 0 aliphatic heterocycles. The number of nitrogens with one attached hydrogen (secondary N) is 1. The van der Waals surface area contributed by atoms with E-state index in [0.29, 0.717) is 30.0 Å². The first-order valence-corrected chi connectivity index (χ1v) is 9.17. The zero-order valence-corrected chi connectivity index (χ0v) is 14.6. The third kappa shape index (κ3) is 4.58. The Kier molecular flexibility index (Phi) is 5.87. The van der Waals surface area contributed by atoms with Gasteiger partial charge in [-0.3, -0.25) is 4.79 Å². The molecule has 1 N–H and O–H groups in total. The third-order valence-electron chi connectivity index (χ3n) is 3.74. The van der Waals surface area contributed by atoms with Gasteiger partial charge in [-0.05, 0) is 31.4 Å². The van der Waals surface area contributed by atoms with Crippen LogP contribution in [0.15, 0.2) is 35.5 Å². The first-order valence-electron chi connectivity index (χ1n) is 8.18. The number of amides is 1. The number of para-hydroxylation sites is 1. The number of methoxy groups -OCH3 is 1. The number of carbonyl (C=O) groups excluding carboxylic acids is 1. The highest BCUT2D eigenvalue weighted by Crippen LogP contribution is 2.40. The zero-order chi connectivity index (χ0) is 16.8. The summed E-state index contributed by atoms with van der Waals surface area (Å²) in [6.45, 7) is 1.29. The van der Waals surface area contributed by atoms with Gasteiger partial charge >= 0.3 is 0 Å². The number of thioether (sulfide) groups is 1. The molecular formula is C17H22N4O2S. The molecule has 3 rings (SSSR count). The molecule has 1 heterocycles.